The molecule has 1 aliphatic heterocycles. The van der Waals surface area contributed by atoms with Gasteiger partial charge in [0.1, 0.15) is 17.2 Å². The molecule has 0 radical (unpaired) electrons. The second-order valence-corrected chi connectivity index (χ2v) is 7.47. The molecule has 0 spiro atoms. The average Bonchev–Trinajstić information content (AvgIpc) is 2.76. The first kappa shape index (κ1) is 17.2. The van der Waals surface area contributed by atoms with Crippen molar-refractivity contribution in [1.82, 2.24) is 4.31 Å². The zero-order chi connectivity index (χ0) is 18.2. The molecule has 0 saturated heterocycles. The summed E-state index contributed by atoms with van der Waals surface area (Å²) in [5, 5.41) is 2.88. The fraction of sp³-hybridized carbons (Fsp3) is 0.125. The van der Waals surface area contributed by atoms with E-state index in [1.54, 1.807) is 18.2 Å². The summed E-state index contributed by atoms with van der Waals surface area (Å²) < 4.78 is 30.5. The third-order valence-electron chi connectivity index (χ3n) is 3.63. The van der Waals surface area contributed by atoms with E-state index in [1.807, 2.05) is 0 Å². The van der Waals surface area contributed by atoms with Crippen LogP contribution < -0.4 is 10.1 Å². The second kappa shape index (κ2) is 6.38. The molecule has 1 N–H and O–H groups in total. The van der Waals surface area contributed by atoms with Gasteiger partial charge < -0.3 is 10.1 Å². The van der Waals surface area contributed by atoms with Crippen LogP contribution in [0.5, 0.6) is 5.75 Å². The number of fused-ring (bicyclic) bond motifs is 1. The molecule has 0 aliphatic carbocycles. The van der Waals surface area contributed by atoms with Crippen LogP contribution >= 0.6 is 11.6 Å². The Bertz CT molecular complexity index is 974. The topological polar surface area (TPSA) is 92.8 Å². The van der Waals surface area contributed by atoms with Crippen LogP contribution in [-0.4, -0.2) is 38.2 Å². The van der Waals surface area contributed by atoms with E-state index in [0.29, 0.717) is 15.1 Å². The molecule has 2 amide bonds. The highest BCUT2D eigenvalue weighted by atomic mass is 35.5. The molecule has 0 fully saturated rings. The van der Waals surface area contributed by atoms with Crippen LogP contribution in [0.15, 0.2) is 47.4 Å². The van der Waals surface area contributed by atoms with Crippen LogP contribution in [0.3, 0.4) is 0 Å². The Morgan fingerprint density at radius 2 is 1.96 bits per heavy atom. The maximum Gasteiger partial charge on any atom is 0.269 e. The van der Waals surface area contributed by atoms with Gasteiger partial charge in [-0.25, -0.2) is 12.7 Å². The lowest BCUT2D eigenvalue weighted by molar-refractivity contribution is -0.116. The van der Waals surface area contributed by atoms with Crippen LogP contribution in [0.2, 0.25) is 5.02 Å². The SMILES string of the molecule is COc1ccc(Cl)cc1NC(=O)CN1C(=O)c2ccccc2S1(=O)=O. The number of rotatable bonds is 4. The van der Waals surface area contributed by atoms with Gasteiger partial charge in [-0.3, -0.25) is 9.59 Å². The zero-order valence-electron chi connectivity index (χ0n) is 13.0. The fourth-order valence-corrected chi connectivity index (χ4v) is 4.18. The quantitative estimate of drug-likeness (QED) is 0.877. The Morgan fingerprint density at radius 1 is 1.24 bits per heavy atom. The van der Waals surface area contributed by atoms with E-state index in [-0.39, 0.29) is 16.1 Å². The fourth-order valence-electron chi connectivity index (χ4n) is 2.49. The van der Waals surface area contributed by atoms with E-state index in [9.17, 15) is 18.0 Å². The number of hydrogen-bond donors (Lipinski definition) is 1. The lowest BCUT2D eigenvalue weighted by atomic mass is 10.2. The number of hydrogen-bond acceptors (Lipinski definition) is 5. The predicted octanol–water partition coefficient (Wildman–Crippen LogP) is 2.13. The van der Waals surface area contributed by atoms with E-state index in [0.717, 1.165) is 0 Å². The molecule has 3 rings (SSSR count). The molecule has 0 saturated carbocycles. The van der Waals surface area contributed by atoms with Crippen molar-refractivity contribution in [3.63, 3.8) is 0 Å². The second-order valence-electron chi connectivity index (χ2n) is 5.21. The standard InChI is InChI=1S/C16H13ClN2O5S/c1-24-13-7-6-10(17)8-12(13)18-15(20)9-19-16(21)11-4-2-3-5-14(11)25(19,22)23/h2-8H,9H2,1H3,(H,18,20). The van der Waals surface area contributed by atoms with Crippen molar-refractivity contribution >= 4 is 39.1 Å². The van der Waals surface area contributed by atoms with Crippen LogP contribution in [0.4, 0.5) is 5.69 Å². The van der Waals surface area contributed by atoms with E-state index in [2.05, 4.69) is 5.32 Å². The van der Waals surface area contributed by atoms with Gasteiger partial charge in [-0.1, -0.05) is 23.7 Å². The lowest BCUT2D eigenvalue weighted by Crippen LogP contribution is -2.37. The lowest BCUT2D eigenvalue weighted by Gasteiger charge is -2.16. The maximum atomic E-state index is 12.4. The number of nitrogens with one attached hydrogen (secondary N) is 1. The summed E-state index contributed by atoms with van der Waals surface area (Å²) in [7, 11) is -2.62. The van der Waals surface area contributed by atoms with Gasteiger partial charge in [0.2, 0.25) is 5.91 Å². The van der Waals surface area contributed by atoms with Crippen LogP contribution in [-0.2, 0) is 14.8 Å². The van der Waals surface area contributed by atoms with E-state index in [4.69, 9.17) is 16.3 Å². The molecule has 7 nitrogen and oxygen atoms in total. The van der Waals surface area contributed by atoms with Crippen molar-refractivity contribution in [2.45, 2.75) is 4.90 Å². The minimum Gasteiger partial charge on any atom is -0.495 e. The number of carbonyl (C=O) groups excluding carboxylic acids is 2. The molecule has 9 heteroatoms. The molecule has 1 aliphatic rings. The van der Waals surface area contributed by atoms with Crippen LogP contribution in [0, 0.1) is 0 Å². The predicted molar refractivity (Wildman–Crippen MR) is 91.3 cm³/mol. The zero-order valence-corrected chi connectivity index (χ0v) is 14.6. The summed E-state index contributed by atoms with van der Waals surface area (Å²) in [4.78, 5) is 24.5. The van der Waals surface area contributed by atoms with Gasteiger partial charge in [0, 0.05) is 5.02 Å². The van der Waals surface area contributed by atoms with Gasteiger partial charge in [0.05, 0.1) is 18.4 Å². The number of halogens is 1. The number of methoxy groups -OCH3 is 1. The Morgan fingerprint density at radius 3 is 2.64 bits per heavy atom. The molecule has 2 aromatic carbocycles. The third-order valence-corrected chi connectivity index (χ3v) is 5.66. The number of benzene rings is 2. The van der Waals surface area contributed by atoms with E-state index in [1.165, 1.54) is 31.4 Å². The number of carbonyl (C=O) groups is 2. The van der Waals surface area contributed by atoms with Gasteiger partial charge in [0.25, 0.3) is 15.9 Å². The highest BCUT2D eigenvalue weighted by Crippen LogP contribution is 2.31. The molecule has 1 heterocycles. The molecule has 0 aromatic heterocycles. The average molecular weight is 381 g/mol. The van der Waals surface area contributed by atoms with Crippen molar-refractivity contribution in [1.29, 1.82) is 0 Å². The molecular formula is C16H13ClN2O5S. The Balaban J connectivity index is 1.83. The minimum absolute atomic E-state index is 0.0515. The largest absolute Gasteiger partial charge is 0.495 e. The first-order valence-electron chi connectivity index (χ1n) is 7.14. The summed E-state index contributed by atoms with van der Waals surface area (Å²) >= 11 is 5.89. The van der Waals surface area contributed by atoms with Gasteiger partial charge in [0.15, 0.2) is 0 Å². The van der Waals surface area contributed by atoms with Crippen molar-refractivity contribution in [3.05, 3.63) is 53.1 Å². The third kappa shape index (κ3) is 3.06. The summed E-state index contributed by atoms with van der Waals surface area (Å²) in [6.07, 6.45) is 0. The molecule has 2 aromatic rings. The highest BCUT2D eigenvalue weighted by Gasteiger charge is 2.41. The summed E-state index contributed by atoms with van der Waals surface area (Å²) in [6.45, 7) is -0.647. The Kier molecular flexibility index (Phi) is 4.40. The Labute approximate surface area is 149 Å². The first-order valence-corrected chi connectivity index (χ1v) is 8.96. The number of sulfonamides is 1. The number of anilines is 1. The smallest absolute Gasteiger partial charge is 0.269 e. The van der Waals surface area contributed by atoms with Crippen LogP contribution in [0.1, 0.15) is 10.4 Å². The number of nitrogens with zero attached hydrogens (tertiary/aromatic N) is 1. The maximum absolute atomic E-state index is 12.4. The summed E-state index contributed by atoms with van der Waals surface area (Å²) in [5.74, 6) is -1.06. The highest BCUT2D eigenvalue weighted by molar-refractivity contribution is 7.90. The molecular weight excluding hydrogens is 368 g/mol. The summed E-state index contributed by atoms with van der Waals surface area (Å²) in [5.41, 5.74) is 0.331. The summed E-state index contributed by atoms with van der Waals surface area (Å²) in [6, 6.07) is 10.4. The van der Waals surface area contributed by atoms with Gasteiger partial charge in [-0.15, -0.1) is 0 Å². The van der Waals surface area contributed by atoms with Crippen molar-refractivity contribution in [2.24, 2.45) is 0 Å². The van der Waals surface area contributed by atoms with Crippen molar-refractivity contribution in [3.8, 4) is 5.75 Å². The van der Waals surface area contributed by atoms with Gasteiger partial charge in [-0.2, -0.15) is 0 Å². The monoisotopic (exact) mass is 380 g/mol. The minimum atomic E-state index is -4.04. The van der Waals surface area contributed by atoms with Crippen molar-refractivity contribution < 1.29 is 22.7 Å². The first-order chi connectivity index (χ1) is 11.8. The molecule has 0 bridgehead atoms. The Hall–Kier alpha value is -2.58. The number of ether oxygens (including phenoxy) is 1. The number of amides is 2. The molecule has 0 unspecified atom stereocenters. The van der Waals surface area contributed by atoms with Crippen LogP contribution in [0.25, 0.3) is 0 Å². The van der Waals surface area contributed by atoms with E-state index < -0.39 is 28.4 Å². The normalized spacial score (nSPS) is 15.0. The molecule has 0 atom stereocenters. The van der Waals surface area contributed by atoms with Gasteiger partial charge >= 0.3 is 0 Å². The molecule has 130 valence electrons. The van der Waals surface area contributed by atoms with E-state index >= 15 is 0 Å². The molecule has 25 heavy (non-hydrogen) atoms. The van der Waals surface area contributed by atoms with Crippen molar-refractivity contribution in [2.75, 3.05) is 19.0 Å². The van der Waals surface area contributed by atoms with Gasteiger partial charge in [-0.05, 0) is 30.3 Å².